The summed E-state index contributed by atoms with van der Waals surface area (Å²) in [7, 11) is 0. The Morgan fingerprint density at radius 3 is 2.89 bits per heavy atom. The molecule has 1 aromatic carbocycles. The minimum absolute atomic E-state index is 0.376. The molecular formula is C15H15BrOS. The molecule has 0 fully saturated rings. The Morgan fingerprint density at radius 2 is 2.11 bits per heavy atom. The maximum absolute atomic E-state index is 10.3. The number of aryl methyl sites for hydroxylation is 2. The Balaban J connectivity index is 1.78. The monoisotopic (exact) mass is 322 g/mol. The van der Waals surface area contributed by atoms with Crippen LogP contribution in [-0.2, 0) is 19.3 Å². The van der Waals surface area contributed by atoms with E-state index in [2.05, 4.69) is 28.1 Å². The van der Waals surface area contributed by atoms with Gasteiger partial charge in [-0.3, -0.25) is 0 Å². The standard InChI is InChI=1S/C15H15BrOS/c16-12-6-2-1-4-10(12)8-13(17)15-9-11-5-3-7-14(11)18-15/h1-2,4,6,9,13,17H,3,5,7-8H2. The second-order valence-electron chi connectivity index (χ2n) is 4.76. The van der Waals surface area contributed by atoms with Gasteiger partial charge in [-0.05, 0) is 42.5 Å². The van der Waals surface area contributed by atoms with Crippen molar-refractivity contribution in [3.05, 3.63) is 55.7 Å². The third-order valence-corrected chi connectivity index (χ3v) is 5.58. The topological polar surface area (TPSA) is 20.2 Å². The van der Waals surface area contributed by atoms with Crippen LogP contribution in [0.2, 0.25) is 0 Å². The van der Waals surface area contributed by atoms with Crippen molar-refractivity contribution in [1.82, 2.24) is 0 Å². The van der Waals surface area contributed by atoms with Gasteiger partial charge in [0.15, 0.2) is 0 Å². The number of rotatable bonds is 3. The smallest absolute Gasteiger partial charge is 0.0922 e. The molecule has 18 heavy (non-hydrogen) atoms. The number of hydrogen-bond acceptors (Lipinski definition) is 2. The molecule has 1 aliphatic rings. The molecule has 0 radical (unpaired) electrons. The predicted molar refractivity (Wildman–Crippen MR) is 79.1 cm³/mol. The first kappa shape index (κ1) is 12.4. The molecule has 3 rings (SSSR count). The van der Waals surface area contributed by atoms with Gasteiger partial charge in [0, 0.05) is 20.6 Å². The Hall–Kier alpha value is -0.640. The normalized spacial score (nSPS) is 15.7. The van der Waals surface area contributed by atoms with Gasteiger partial charge < -0.3 is 5.11 Å². The van der Waals surface area contributed by atoms with Crippen LogP contribution in [0.25, 0.3) is 0 Å². The SMILES string of the molecule is OC(Cc1ccccc1Br)c1cc2c(s1)CCC2. The maximum Gasteiger partial charge on any atom is 0.0922 e. The zero-order chi connectivity index (χ0) is 12.5. The highest BCUT2D eigenvalue weighted by Gasteiger charge is 2.19. The van der Waals surface area contributed by atoms with Crippen LogP contribution in [0.5, 0.6) is 0 Å². The van der Waals surface area contributed by atoms with Crippen LogP contribution in [0, 0.1) is 0 Å². The molecule has 1 unspecified atom stereocenters. The van der Waals surface area contributed by atoms with Gasteiger partial charge in [-0.1, -0.05) is 34.1 Å². The lowest BCUT2D eigenvalue weighted by Crippen LogP contribution is -2.00. The average molecular weight is 323 g/mol. The second kappa shape index (κ2) is 5.16. The third-order valence-electron chi connectivity index (χ3n) is 3.47. The molecule has 1 heterocycles. The van der Waals surface area contributed by atoms with Gasteiger partial charge in [0.1, 0.15) is 0 Å². The molecule has 1 N–H and O–H groups in total. The molecule has 3 heteroatoms. The van der Waals surface area contributed by atoms with E-state index in [-0.39, 0.29) is 6.10 Å². The minimum Gasteiger partial charge on any atom is -0.387 e. The Bertz CT molecular complexity index is 540. The summed E-state index contributed by atoms with van der Waals surface area (Å²) in [5.74, 6) is 0. The van der Waals surface area contributed by atoms with Crippen molar-refractivity contribution < 1.29 is 5.11 Å². The van der Waals surface area contributed by atoms with Crippen LogP contribution >= 0.6 is 27.3 Å². The van der Waals surface area contributed by atoms with Crippen LogP contribution in [0.3, 0.4) is 0 Å². The van der Waals surface area contributed by atoms with Crippen LogP contribution in [0.1, 0.15) is 33.4 Å². The first-order valence-corrected chi connectivity index (χ1v) is 7.88. The first-order chi connectivity index (χ1) is 8.74. The van der Waals surface area contributed by atoms with Gasteiger partial charge in [-0.25, -0.2) is 0 Å². The summed E-state index contributed by atoms with van der Waals surface area (Å²) in [6.07, 6.45) is 3.97. The number of thiophene rings is 1. The largest absolute Gasteiger partial charge is 0.387 e. The fourth-order valence-corrected chi connectivity index (χ4v) is 4.18. The summed E-state index contributed by atoms with van der Waals surface area (Å²) in [5.41, 5.74) is 2.62. The summed E-state index contributed by atoms with van der Waals surface area (Å²) < 4.78 is 1.08. The molecule has 1 aliphatic carbocycles. The zero-order valence-electron chi connectivity index (χ0n) is 10.0. The van der Waals surface area contributed by atoms with E-state index in [0.29, 0.717) is 6.42 Å². The summed E-state index contributed by atoms with van der Waals surface area (Å²) in [5, 5.41) is 10.3. The van der Waals surface area contributed by atoms with Crippen molar-refractivity contribution in [2.45, 2.75) is 31.8 Å². The van der Waals surface area contributed by atoms with Crippen molar-refractivity contribution in [2.24, 2.45) is 0 Å². The first-order valence-electron chi connectivity index (χ1n) is 6.27. The molecule has 2 aromatic rings. The highest BCUT2D eigenvalue weighted by Crippen LogP contribution is 2.35. The fraction of sp³-hybridized carbons (Fsp3) is 0.333. The molecular weight excluding hydrogens is 308 g/mol. The zero-order valence-corrected chi connectivity index (χ0v) is 12.4. The molecule has 0 aliphatic heterocycles. The highest BCUT2D eigenvalue weighted by molar-refractivity contribution is 9.10. The number of halogens is 1. The molecule has 0 saturated carbocycles. The molecule has 0 bridgehead atoms. The van der Waals surface area contributed by atoms with E-state index in [1.807, 2.05) is 18.2 Å². The molecule has 0 saturated heterocycles. The lowest BCUT2D eigenvalue weighted by Gasteiger charge is -2.10. The Morgan fingerprint density at radius 1 is 1.28 bits per heavy atom. The number of benzene rings is 1. The molecule has 1 nitrogen and oxygen atoms in total. The minimum atomic E-state index is -0.376. The van der Waals surface area contributed by atoms with Crippen molar-refractivity contribution in [3.8, 4) is 0 Å². The maximum atomic E-state index is 10.3. The van der Waals surface area contributed by atoms with Gasteiger partial charge in [-0.2, -0.15) is 0 Å². The van der Waals surface area contributed by atoms with Crippen LogP contribution < -0.4 is 0 Å². The van der Waals surface area contributed by atoms with Crippen LogP contribution in [-0.4, -0.2) is 5.11 Å². The lowest BCUT2D eigenvalue weighted by molar-refractivity contribution is 0.182. The van der Waals surface area contributed by atoms with E-state index in [9.17, 15) is 5.11 Å². The number of aliphatic hydroxyl groups is 1. The second-order valence-corrected chi connectivity index (χ2v) is 6.78. The molecule has 0 spiro atoms. The van der Waals surface area contributed by atoms with E-state index < -0.39 is 0 Å². The van der Waals surface area contributed by atoms with Gasteiger partial charge >= 0.3 is 0 Å². The van der Waals surface area contributed by atoms with Crippen molar-refractivity contribution in [3.63, 3.8) is 0 Å². The molecule has 94 valence electrons. The van der Waals surface area contributed by atoms with Crippen LogP contribution in [0.15, 0.2) is 34.8 Å². The molecule has 1 atom stereocenters. The van der Waals surface area contributed by atoms with Crippen LogP contribution in [0.4, 0.5) is 0 Å². The molecule has 0 amide bonds. The summed E-state index contributed by atoms with van der Waals surface area (Å²) in [6, 6.07) is 10.3. The van der Waals surface area contributed by atoms with Crippen molar-refractivity contribution in [1.29, 1.82) is 0 Å². The van der Waals surface area contributed by atoms with E-state index in [0.717, 1.165) is 9.35 Å². The van der Waals surface area contributed by atoms with Gasteiger partial charge in [0.05, 0.1) is 6.10 Å². The van der Waals surface area contributed by atoms with E-state index in [4.69, 9.17) is 0 Å². The summed E-state index contributed by atoms with van der Waals surface area (Å²) >= 11 is 5.32. The van der Waals surface area contributed by atoms with Gasteiger partial charge in [0.25, 0.3) is 0 Å². The predicted octanol–water partition coefficient (Wildman–Crippen LogP) is 4.28. The Kier molecular flexibility index (Phi) is 3.55. The summed E-state index contributed by atoms with van der Waals surface area (Å²) in [4.78, 5) is 2.60. The van der Waals surface area contributed by atoms with Crippen molar-refractivity contribution >= 4 is 27.3 Å². The third kappa shape index (κ3) is 2.40. The fourth-order valence-electron chi connectivity index (χ4n) is 2.49. The summed E-state index contributed by atoms with van der Waals surface area (Å²) in [6.45, 7) is 0. The van der Waals surface area contributed by atoms with Gasteiger partial charge in [0.2, 0.25) is 0 Å². The van der Waals surface area contributed by atoms with E-state index >= 15 is 0 Å². The highest BCUT2D eigenvalue weighted by atomic mass is 79.9. The number of fused-ring (bicyclic) bond motifs is 1. The average Bonchev–Trinajstić information content (AvgIpc) is 2.92. The number of aliphatic hydroxyl groups excluding tert-OH is 1. The Labute approximate surface area is 120 Å². The van der Waals surface area contributed by atoms with Crippen molar-refractivity contribution in [2.75, 3.05) is 0 Å². The lowest BCUT2D eigenvalue weighted by atomic mass is 10.1. The van der Waals surface area contributed by atoms with E-state index in [1.165, 1.54) is 35.3 Å². The quantitative estimate of drug-likeness (QED) is 0.894. The van der Waals surface area contributed by atoms with Gasteiger partial charge in [-0.15, -0.1) is 11.3 Å². The van der Waals surface area contributed by atoms with E-state index in [1.54, 1.807) is 11.3 Å². The molecule has 1 aromatic heterocycles. The number of hydrogen-bond donors (Lipinski definition) is 1.